The minimum absolute atomic E-state index is 0.0238. The number of nitrogens with one attached hydrogen (secondary N) is 1. The third kappa shape index (κ3) is 3.79. The van der Waals surface area contributed by atoms with Crippen LogP contribution in [-0.2, 0) is 6.42 Å². The van der Waals surface area contributed by atoms with Gasteiger partial charge in [-0.3, -0.25) is 4.79 Å². The normalized spacial score (nSPS) is 10.3. The van der Waals surface area contributed by atoms with Crippen LogP contribution in [0.15, 0.2) is 23.6 Å². The van der Waals surface area contributed by atoms with Crippen molar-refractivity contribution >= 4 is 23.2 Å². The van der Waals surface area contributed by atoms with Gasteiger partial charge in [0.1, 0.15) is 5.75 Å². The second-order valence-electron chi connectivity index (χ2n) is 4.44. The Bertz CT molecular complexity index is 681. The molecule has 2 rings (SSSR count). The summed E-state index contributed by atoms with van der Waals surface area (Å²) in [6, 6.07) is 4.54. The van der Waals surface area contributed by atoms with E-state index in [-0.39, 0.29) is 17.4 Å². The number of carboxylic acids is 1. The molecule has 1 amide bonds. The molecule has 2 aromatic rings. The Morgan fingerprint density at radius 3 is 2.76 bits per heavy atom. The van der Waals surface area contributed by atoms with E-state index in [1.807, 2.05) is 0 Å². The number of aromatic nitrogens is 1. The first-order chi connectivity index (χ1) is 9.97. The second kappa shape index (κ2) is 6.36. The van der Waals surface area contributed by atoms with Crippen LogP contribution in [0.4, 0.5) is 0 Å². The number of carbonyl (C=O) groups excluding carboxylic acids is 1. The molecule has 0 fully saturated rings. The maximum absolute atomic E-state index is 12.0. The number of phenolic OH excluding ortho intramolecular Hbond substituents is 1. The summed E-state index contributed by atoms with van der Waals surface area (Å²) in [5, 5.41) is 23.0. The molecule has 21 heavy (non-hydrogen) atoms. The van der Waals surface area contributed by atoms with Crippen molar-refractivity contribution in [2.45, 2.75) is 13.3 Å². The fraction of sp³-hybridized carbons (Fsp3) is 0.214. The van der Waals surface area contributed by atoms with Gasteiger partial charge in [-0.05, 0) is 30.7 Å². The minimum atomic E-state index is -1.05. The molecule has 7 heteroatoms. The van der Waals surface area contributed by atoms with Gasteiger partial charge in [0.05, 0.1) is 5.01 Å². The Hall–Kier alpha value is -2.41. The van der Waals surface area contributed by atoms with Crippen molar-refractivity contribution < 1.29 is 19.8 Å². The van der Waals surface area contributed by atoms with Gasteiger partial charge in [-0.15, -0.1) is 11.3 Å². The lowest BCUT2D eigenvalue weighted by molar-refractivity contribution is 0.0690. The first-order valence-electron chi connectivity index (χ1n) is 6.23. The van der Waals surface area contributed by atoms with Crippen LogP contribution in [0.1, 0.15) is 31.4 Å². The molecule has 110 valence electrons. The van der Waals surface area contributed by atoms with E-state index >= 15 is 0 Å². The van der Waals surface area contributed by atoms with Gasteiger partial charge in [0.2, 0.25) is 0 Å². The van der Waals surface area contributed by atoms with Crippen LogP contribution in [0.5, 0.6) is 5.75 Å². The van der Waals surface area contributed by atoms with E-state index in [0.29, 0.717) is 29.1 Å². The predicted octanol–water partition coefficient (Wildman–Crippen LogP) is 1.83. The fourth-order valence-corrected chi connectivity index (χ4v) is 2.58. The molecule has 0 bridgehead atoms. The Morgan fingerprint density at radius 1 is 1.38 bits per heavy atom. The van der Waals surface area contributed by atoms with E-state index in [9.17, 15) is 14.7 Å². The van der Waals surface area contributed by atoms with Crippen molar-refractivity contribution in [2.75, 3.05) is 6.54 Å². The van der Waals surface area contributed by atoms with E-state index in [0.717, 1.165) is 0 Å². The molecule has 3 N–H and O–H groups in total. The number of nitrogens with zero attached hydrogens (tertiary/aromatic N) is 1. The molecular weight excluding hydrogens is 292 g/mol. The third-order valence-corrected chi connectivity index (χ3v) is 3.76. The maximum Gasteiger partial charge on any atom is 0.355 e. The molecule has 1 heterocycles. The van der Waals surface area contributed by atoms with Crippen LogP contribution in [0.3, 0.4) is 0 Å². The Labute approximate surface area is 125 Å². The van der Waals surface area contributed by atoms with Crippen LogP contribution in [0.2, 0.25) is 0 Å². The van der Waals surface area contributed by atoms with E-state index < -0.39 is 5.97 Å². The number of thiazole rings is 1. The largest absolute Gasteiger partial charge is 0.508 e. The number of phenols is 1. The summed E-state index contributed by atoms with van der Waals surface area (Å²) in [7, 11) is 0. The number of aromatic hydroxyl groups is 1. The number of benzene rings is 1. The van der Waals surface area contributed by atoms with E-state index in [2.05, 4.69) is 10.3 Å². The monoisotopic (exact) mass is 306 g/mol. The summed E-state index contributed by atoms with van der Waals surface area (Å²) in [5.74, 6) is -1.17. The van der Waals surface area contributed by atoms with Crippen LogP contribution in [0.25, 0.3) is 0 Å². The van der Waals surface area contributed by atoms with Gasteiger partial charge in [-0.1, -0.05) is 0 Å². The molecule has 0 spiro atoms. The number of aryl methyl sites for hydroxylation is 1. The number of hydrogen-bond acceptors (Lipinski definition) is 5. The molecule has 0 radical (unpaired) electrons. The number of rotatable bonds is 5. The first kappa shape index (κ1) is 15.0. The van der Waals surface area contributed by atoms with E-state index in [1.165, 1.54) is 28.8 Å². The maximum atomic E-state index is 12.0. The lowest BCUT2D eigenvalue weighted by Crippen LogP contribution is -2.26. The molecular formula is C14H14N2O4S. The molecule has 0 aliphatic rings. The van der Waals surface area contributed by atoms with Gasteiger partial charge in [-0.2, -0.15) is 0 Å². The van der Waals surface area contributed by atoms with Gasteiger partial charge >= 0.3 is 5.97 Å². The molecule has 0 saturated heterocycles. The molecule has 0 saturated carbocycles. The summed E-state index contributed by atoms with van der Waals surface area (Å²) in [6.07, 6.45) is 0.473. The molecule has 1 aromatic heterocycles. The smallest absolute Gasteiger partial charge is 0.355 e. The molecule has 0 aliphatic heterocycles. The third-order valence-electron chi connectivity index (χ3n) is 2.85. The summed E-state index contributed by atoms with van der Waals surface area (Å²) in [5.41, 5.74) is 1.21. The van der Waals surface area contributed by atoms with Crippen molar-refractivity contribution in [3.63, 3.8) is 0 Å². The average Bonchev–Trinajstić information content (AvgIpc) is 2.87. The first-order valence-corrected chi connectivity index (χ1v) is 7.11. The van der Waals surface area contributed by atoms with Crippen LogP contribution in [-0.4, -0.2) is 33.6 Å². The van der Waals surface area contributed by atoms with Crippen LogP contribution < -0.4 is 5.32 Å². The highest BCUT2D eigenvalue weighted by Gasteiger charge is 2.11. The minimum Gasteiger partial charge on any atom is -0.508 e. The van der Waals surface area contributed by atoms with E-state index in [1.54, 1.807) is 13.0 Å². The van der Waals surface area contributed by atoms with Crippen molar-refractivity contribution in [1.82, 2.24) is 10.3 Å². The zero-order valence-corrected chi connectivity index (χ0v) is 12.1. The van der Waals surface area contributed by atoms with Gasteiger partial charge in [0.25, 0.3) is 5.91 Å². The number of amides is 1. The zero-order valence-electron chi connectivity index (χ0n) is 11.3. The number of hydrogen-bond donors (Lipinski definition) is 3. The molecule has 0 aliphatic carbocycles. The van der Waals surface area contributed by atoms with Gasteiger partial charge in [0.15, 0.2) is 5.69 Å². The van der Waals surface area contributed by atoms with Crippen LogP contribution >= 0.6 is 11.3 Å². The van der Waals surface area contributed by atoms with Crippen molar-refractivity contribution in [2.24, 2.45) is 0 Å². The topological polar surface area (TPSA) is 99.5 Å². The average molecular weight is 306 g/mol. The van der Waals surface area contributed by atoms with Gasteiger partial charge in [0, 0.05) is 23.9 Å². The summed E-state index contributed by atoms with van der Waals surface area (Å²) < 4.78 is 0. The summed E-state index contributed by atoms with van der Waals surface area (Å²) in [4.78, 5) is 26.6. The van der Waals surface area contributed by atoms with Gasteiger partial charge in [-0.25, -0.2) is 9.78 Å². The Kier molecular flexibility index (Phi) is 4.54. The SMILES string of the molecule is Cc1cc(O)ccc1C(=O)NCCc1nc(C(=O)O)cs1. The van der Waals surface area contributed by atoms with Crippen LogP contribution in [0, 0.1) is 6.92 Å². The fourth-order valence-electron chi connectivity index (χ4n) is 1.80. The quantitative estimate of drug-likeness (QED) is 0.782. The van der Waals surface area contributed by atoms with Crippen molar-refractivity contribution in [3.05, 3.63) is 45.4 Å². The van der Waals surface area contributed by atoms with Crippen molar-refractivity contribution in [1.29, 1.82) is 0 Å². The zero-order chi connectivity index (χ0) is 15.4. The number of carboxylic acid groups (broad SMARTS) is 1. The highest BCUT2D eigenvalue weighted by molar-refractivity contribution is 7.09. The Morgan fingerprint density at radius 2 is 2.14 bits per heavy atom. The standard InChI is InChI=1S/C14H14N2O4S/c1-8-6-9(17)2-3-10(8)13(18)15-5-4-12-16-11(7-21-12)14(19)20/h2-3,6-7,17H,4-5H2,1H3,(H,15,18)(H,19,20). The molecule has 1 aromatic carbocycles. The van der Waals surface area contributed by atoms with Crippen molar-refractivity contribution in [3.8, 4) is 5.75 Å². The molecule has 6 nitrogen and oxygen atoms in total. The van der Waals surface area contributed by atoms with E-state index in [4.69, 9.17) is 5.11 Å². The summed E-state index contributed by atoms with van der Waals surface area (Å²) >= 11 is 1.25. The highest BCUT2D eigenvalue weighted by atomic mass is 32.1. The number of carbonyl (C=O) groups is 2. The van der Waals surface area contributed by atoms with Gasteiger partial charge < -0.3 is 15.5 Å². The second-order valence-corrected chi connectivity index (χ2v) is 5.38. The predicted molar refractivity (Wildman–Crippen MR) is 78.0 cm³/mol. The number of aromatic carboxylic acids is 1. The molecule has 0 atom stereocenters. The lowest BCUT2D eigenvalue weighted by Gasteiger charge is -2.07. The lowest BCUT2D eigenvalue weighted by atomic mass is 10.1. The summed E-state index contributed by atoms with van der Waals surface area (Å²) in [6.45, 7) is 2.11. The molecule has 0 unspecified atom stereocenters. The Balaban J connectivity index is 1.90. The highest BCUT2D eigenvalue weighted by Crippen LogP contribution is 2.15.